The fourth-order valence-electron chi connectivity index (χ4n) is 2.72. The number of H-pyrrole nitrogens is 1. The molecule has 1 amide bonds. The Morgan fingerprint density at radius 3 is 2.50 bits per heavy atom. The predicted molar refractivity (Wildman–Crippen MR) is 112 cm³/mol. The zero-order valence-corrected chi connectivity index (χ0v) is 16.0. The summed E-state index contributed by atoms with van der Waals surface area (Å²) in [6.45, 7) is 0. The van der Waals surface area contributed by atoms with Crippen LogP contribution in [0.25, 0.3) is 22.6 Å². The molecule has 0 fully saturated rings. The van der Waals surface area contributed by atoms with Gasteiger partial charge in [-0.2, -0.15) is 0 Å². The van der Waals surface area contributed by atoms with E-state index in [1.54, 1.807) is 36.5 Å². The average Bonchev–Trinajstić information content (AvgIpc) is 3.20. The molecule has 2 heterocycles. The lowest BCUT2D eigenvalue weighted by atomic mass is 10.1. The lowest BCUT2D eigenvalue weighted by molar-refractivity contribution is 0.102. The summed E-state index contributed by atoms with van der Waals surface area (Å²) in [6.07, 6.45) is 3.18. The number of carbonyl (C=O) groups excluding carboxylic acids is 1. The van der Waals surface area contributed by atoms with Crippen LogP contribution >= 0.6 is 23.2 Å². The van der Waals surface area contributed by atoms with E-state index in [1.165, 1.54) is 6.20 Å². The molecule has 0 atom stereocenters. The lowest BCUT2D eigenvalue weighted by Gasteiger charge is -2.08. The lowest BCUT2D eigenvalue weighted by Crippen LogP contribution is -2.12. The molecule has 28 heavy (non-hydrogen) atoms. The van der Waals surface area contributed by atoms with Crippen LogP contribution in [0.1, 0.15) is 10.4 Å². The van der Waals surface area contributed by atoms with Crippen molar-refractivity contribution >= 4 is 34.8 Å². The number of aromatic nitrogens is 3. The molecular formula is C21H14Cl2N4O. The number of rotatable bonds is 4. The van der Waals surface area contributed by atoms with Crippen molar-refractivity contribution < 1.29 is 4.79 Å². The number of hydrogen-bond donors (Lipinski definition) is 2. The smallest absolute Gasteiger partial charge is 0.257 e. The van der Waals surface area contributed by atoms with Crippen molar-refractivity contribution in [1.82, 2.24) is 15.0 Å². The standard InChI is InChI=1S/C21H14Cl2N4O/c22-17-8-7-15(26-21(28)14-6-9-19(23)24-11-14)10-16(17)20-25-12-18(27-20)13-4-2-1-3-5-13/h1-12H,(H,25,27)(H,26,28). The molecule has 4 rings (SSSR count). The highest BCUT2D eigenvalue weighted by Crippen LogP contribution is 2.30. The first-order chi connectivity index (χ1) is 13.6. The quantitative estimate of drug-likeness (QED) is 0.425. The topological polar surface area (TPSA) is 70.7 Å². The zero-order chi connectivity index (χ0) is 19.5. The Bertz CT molecular complexity index is 1120. The maximum atomic E-state index is 12.4. The van der Waals surface area contributed by atoms with Crippen molar-refractivity contribution in [2.45, 2.75) is 0 Å². The molecule has 7 heteroatoms. The summed E-state index contributed by atoms with van der Waals surface area (Å²) in [5.74, 6) is 0.329. The number of imidazole rings is 1. The van der Waals surface area contributed by atoms with Crippen LogP contribution in [0.2, 0.25) is 10.2 Å². The van der Waals surface area contributed by atoms with Crippen molar-refractivity contribution in [3.05, 3.63) is 88.8 Å². The highest BCUT2D eigenvalue weighted by atomic mass is 35.5. The molecule has 0 unspecified atom stereocenters. The minimum atomic E-state index is -0.290. The first kappa shape index (κ1) is 18.2. The minimum Gasteiger partial charge on any atom is -0.338 e. The second kappa shape index (κ2) is 7.84. The summed E-state index contributed by atoms with van der Waals surface area (Å²) in [5, 5.41) is 3.69. The number of amides is 1. The van der Waals surface area contributed by atoms with Crippen LogP contribution in [-0.2, 0) is 0 Å². The molecule has 0 aliphatic carbocycles. The number of nitrogens with one attached hydrogen (secondary N) is 2. The number of benzene rings is 2. The predicted octanol–water partition coefficient (Wildman–Crippen LogP) is 5.70. The highest BCUT2D eigenvalue weighted by molar-refractivity contribution is 6.33. The van der Waals surface area contributed by atoms with Crippen molar-refractivity contribution in [2.24, 2.45) is 0 Å². The van der Waals surface area contributed by atoms with Crippen LogP contribution in [-0.4, -0.2) is 20.9 Å². The second-order valence-electron chi connectivity index (χ2n) is 6.03. The van der Waals surface area contributed by atoms with Gasteiger partial charge in [-0.1, -0.05) is 53.5 Å². The van der Waals surface area contributed by atoms with Gasteiger partial charge in [0, 0.05) is 17.4 Å². The van der Waals surface area contributed by atoms with Gasteiger partial charge in [0.25, 0.3) is 5.91 Å². The van der Waals surface area contributed by atoms with Crippen LogP contribution < -0.4 is 5.32 Å². The van der Waals surface area contributed by atoms with Gasteiger partial charge in [0.1, 0.15) is 11.0 Å². The third-order valence-corrected chi connectivity index (χ3v) is 4.68. The Kier molecular flexibility index (Phi) is 5.10. The third-order valence-electron chi connectivity index (χ3n) is 4.13. The Morgan fingerprint density at radius 1 is 0.929 bits per heavy atom. The summed E-state index contributed by atoms with van der Waals surface area (Å²) in [6, 6.07) is 18.3. The molecule has 2 N–H and O–H groups in total. The van der Waals surface area contributed by atoms with Gasteiger partial charge in [-0.3, -0.25) is 4.79 Å². The fraction of sp³-hybridized carbons (Fsp3) is 0. The number of anilines is 1. The summed E-state index contributed by atoms with van der Waals surface area (Å²) in [4.78, 5) is 24.0. The van der Waals surface area contributed by atoms with Crippen LogP contribution in [0.5, 0.6) is 0 Å². The molecule has 138 valence electrons. The van der Waals surface area contributed by atoms with E-state index < -0.39 is 0 Å². The number of nitrogens with zero attached hydrogens (tertiary/aromatic N) is 2. The average molecular weight is 409 g/mol. The van der Waals surface area contributed by atoms with Crippen molar-refractivity contribution in [2.75, 3.05) is 5.32 Å². The first-order valence-corrected chi connectivity index (χ1v) is 9.19. The highest BCUT2D eigenvalue weighted by Gasteiger charge is 2.12. The minimum absolute atomic E-state index is 0.290. The van der Waals surface area contributed by atoms with E-state index in [0.29, 0.717) is 32.8 Å². The molecule has 5 nitrogen and oxygen atoms in total. The zero-order valence-electron chi connectivity index (χ0n) is 14.5. The Morgan fingerprint density at radius 2 is 1.75 bits per heavy atom. The summed E-state index contributed by atoms with van der Waals surface area (Å²) in [5.41, 5.74) is 3.60. The molecule has 4 aromatic rings. The Balaban J connectivity index is 1.60. The van der Waals surface area contributed by atoms with Crippen molar-refractivity contribution in [3.8, 4) is 22.6 Å². The van der Waals surface area contributed by atoms with E-state index in [0.717, 1.165) is 11.3 Å². The van der Waals surface area contributed by atoms with Gasteiger partial charge in [-0.25, -0.2) is 9.97 Å². The van der Waals surface area contributed by atoms with Crippen LogP contribution in [0.4, 0.5) is 5.69 Å². The van der Waals surface area contributed by atoms with Gasteiger partial charge in [-0.15, -0.1) is 0 Å². The second-order valence-corrected chi connectivity index (χ2v) is 6.82. The Hall–Kier alpha value is -3.15. The van der Waals surface area contributed by atoms with Crippen LogP contribution in [0.15, 0.2) is 73.1 Å². The van der Waals surface area contributed by atoms with E-state index in [2.05, 4.69) is 20.3 Å². The molecule has 2 aromatic carbocycles. The van der Waals surface area contributed by atoms with E-state index in [1.807, 2.05) is 30.3 Å². The normalized spacial score (nSPS) is 10.6. The van der Waals surface area contributed by atoms with Gasteiger partial charge in [0.05, 0.1) is 22.5 Å². The number of aromatic amines is 1. The van der Waals surface area contributed by atoms with Gasteiger partial charge in [-0.05, 0) is 35.9 Å². The molecular weight excluding hydrogens is 395 g/mol. The number of carbonyl (C=O) groups is 1. The van der Waals surface area contributed by atoms with Gasteiger partial charge < -0.3 is 10.3 Å². The van der Waals surface area contributed by atoms with E-state index in [-0.39, 0.29) is 5.91 Å². The van der Waals surface area contributed by atoms with E-state index >= 15 is 0 Å². The third kappa shape index (κ3) is 3.91. The van der Waals surface area contributed by atoms with Crippen molar-refractivity contribution in [3.63, 3.8) is 0 Å². The molecule has 0 saturated heterocycles. The first-order valence-electron chi connectivity index (χ1n) is 8.43. The number of halogens is 2. The maximum Gasteiger partial charge on any atom is 0.257 e. The monoisotopic (exact) mass is 408 g/mol. The molecule has 0 aliphatic heterocycles. The molecule has 0 saturated carbocycles. The summed E-state index contributed by atoms with van der Waals surface area (Å²) in [7, 11) is 0. The fourth-order valence-corrected chi connectivity index (χ4v) is 3.04. The van der Waals surface area contributed by atoms with Gasteiger partial charge in [0.15, 0.2) is 0 Å². The van der Waals surface area contributed by atoms with E-state index in [4.69, 9.17) is 23.2 Å². The maximum absolute atomic E-state index is 12.4. The molecule has 0 aliphatic rings. The number of hydrogen-bond acceptors (Lipinski definition) is 3. The number of pyridine rings is 1. The Labute approximate surface area is 171 Å². The van der Waals surface area contributed by atoms with Crippen molar-refractivity contribution in [1.29, 1.82) is 0 Å². The SMILES string of the molecule is O=C(Nc1ccc(Cl)c(-c2ncc(-c3ccccc3)[nH]2)c1)c1ccc(Cl)nc1. The molecule has 0 radical (unpaired) electrons. The van der Waals surface area contributed by atoms with E-state index in [9.17, 15) is 4.79 Å². The summed E-state index contributed by atoms with van der Waals surface area (Å²) < 4.78 is 0. The molecule has 0 bridgehead atoms. The molecule has 2 aromatic heterocycles. The van der Waals surface area contributed by atoms with Crippen LogP contribution in [0, 0.1) is 0 Å². The largest absolute Gasteiger partial charge is 0.338 e. The molecule has 0 spiro atoms. The van der Waals surface area contributed by atoms with Crippen LogP contribution in [0.3, 0.4) is 0 Å². The van der Waals surface area contributed by atoms with Gasteiger partial charge >= 0.3 is 0 Å². The summed E-state index contributed by atoms with van der Waals surface area (Å²) >= 11 is 12.1. The van der Waals surface area contributed by atoms with Gasteiger partial charge in [0.2, 0.25) is 0 Å².